The van der Waals surface area contributed by atoms with Crippen LogP contribution >= 0.6 is 0 Å². The zero-order valence-corrected chi connectivity index (χ0v) is 21.6. The van der Waals surface area contributed by atoms with Gasteiger partial charge in [-0.25, -0.2) is 0 Å². The van der Waals surface area contributed by atoms with Gasteiger partial charge in [-0.2, -0.15) is 0 Å². The Balaban J connectivity index is 1.85. The molecule has 4 aromatic rings. The van der Waals surface area contributed by atoms with E-state index < -0.39 is 5.97 Å². The predicted octanol–water partition coefficient (Wildman–Crippen LogP) is 8.06. The summed E-state index contributed by atoms with van der Waals surface area (Å²) in [6.07, 6.45) is 0.0274. The van der Waals surface area contributed by atoms with Gasteiger partial charge in [0.05, 0.1) is 6.42 Å². The van der Waals surface area contributed by atoms with Crippen LogP contribution in [-0.4, -0.2) is 16.0 Å². The van der Waals surface area contributed by atoms with E-state index in [9.17, 15) is 9.90 Å². The third kappa shape index (κ3) is 5.92. The summed E-state index contributed by atoms with van der Waals surface area (Å²) in [6.45, 7) is 9.20. The Labute approximate surface area is 215 Å². The van der Waals surface area contributed by atoms with Gasteiger partial charge >= 0.3 is 5.97 Å². The first-order valence-corrected chi connectivity index (χ1v) is 12.6. The van der Waals surface area contributed by atoms with Crippen LogP contribution in [0, 0.1) is 20.8 Å². The topological polar surface area (TPSA) is 40.5 Å². The highest BCUT2D eigenvalue weighted by Gasteiger charge is 2.29. The van der Waals surface area contributed by atoms with Crippen LogP contribution in [0.3, 0.4) is 0 Å². The van der Waals surface area contributed by atoms with Gasteiger partial charge in [0.15, 0.2) is 0 Å². The summed E-state index contributed by atoms with van der Waals surface area (Å²) < 4.78 is 0. The van der Waals surface area contributed by atoms with Crippen LogP contribution in [-0.2, 0) is 11.3 Å². The van der Waals surface area contributed by atoms with Crippen molar-refractivity contribution in [2.75, 3.05) is 0 Å². The monoisotopic (exact) mass is 477 g/mol. The molecule has 0 bridgehead atoms. The number of carboxylic acids is 1. The van der Waals surface area contributed by atoms with Crippen LogP contribution in [0.25, 0.3) is 11.1 Å². The summed E-state index contributed by atoms with van der Waals surface area (Å²) in [7, 11) is 0. The van der Waals surface area contributed by atoms with Gasteiger partial charge in [-0.05, 0) is 72.7 Å². The molecule has 3 nitrogen and oxygen atoms in total. The highest BCUT2D eigenvalue weighted by molar-refractivity contribution is 5.73. The largest absolute Gasteiger partial charge is 0.481 e. The van der Waals surface area contributed by atoms with E-state index in [1.54, 1.807) is 0 Å². The maximum atomic E-state index is 12.2. The first-order chi connectivity index (χ1) is 17.3. The molecular formula is C33H35NO2. The van der Waals surface area contributed by atoms with E-state index in [2.05, 4.69) is 93.3 Å². The summed E-state index contributed by atoms with van der Waals surface area (Å²) >= 11 is 0. The Hall–Kier alpha value is -3.69. The molecule has 0 aliphatic heterocycles. The van der Waals surface area contributed by atoms with Crippen molar-refractivity contribution in [3.8, 4) is 11.1 Å². The van der Waals surface area contributed by atoms with Crippen molar-refractivity contribution >= 4 is 5.97 Å². The first-order valence-electron chi connectivity index (χ1n) is 12.6. The molecule has 0 aromatic heterocycles. The van der Waals surface area contributed by atoms with E-state index in [0.717, 1.165) is 16.7 Å². The Morgan fingerprint density at radius 2 is 1.39 bits per heavy atom. The number of rotatable bonds is 9. The Bertz CT molecular complexity index is 1290. The number of hydrogen-bond donors (Lipinski definition) is 1. The van der Waals surface area contributed by atoms with Crippen molar-refractivity contribution in [2.24, 2.45) is 0 Å². The van der Waals surface area contributed by atoms with Crippen LogP contribution in [0.4, 0.5) is 0 Å². The zero-order valence-electron chi connectivity index (χ0n) is 21.6. The fourth-order valence-electron chi connectivity index (χ4n) is 5.25. The molecule has 4 rings (SSSR count). The second kappa shape index (κ2) is 11.4. The van der Waals surface area contributed by atoms with E-state index in [1.807, 2.05) is 36.4 Å². The third-order valence-electron chi connectivity index (χ3n) is 7.01. The summed E-state index contributed by atoms with van der Waals surface area (Å²) in [6, 6.07) is 33.3. The number of hydrogen-bond acceptors (Lipinski definition) is 2. The Kier molecular flexibility index (Phi) is 8.02. The van der Waals surface area contributed by atoms with Crippen molar-refractivity contribution in [3.05, 3.63) is 130 Å². The van der Waals surface area contributed by atoms with Gasteiger partial charge in [-0.1, -0.05) is 96.6 Å². The summed E-state index contributed by atoms with van der Waals surface area (Å²) in [5, 5.41) is 10.0. The van der Waals surface area contributed by atoms with Gasteiger partial charge in [0.1, 0.15) is 0 Å². The quantitative estimate of drug-likeness (QED) is 0.265. The van der Waals surface area contributed by atoms with Crippen molar-refractivity contribution in [2.45, 2.75) is 52.7 Å². The maximum absolute atomic E-state index is 12.2. The lowest BCUT2D eigenvalue weighted by molar-refractivity contribution is -0.138. The Morgan fingerprint density at radius 3 is 2.00 bits per heavy atom. The average molecular weight is 478 g/mol. The van der Waals surface area contributed by atoms with Crippen molar-refractivity contribution in [1.29, 1.82) is 0 Å². The molecule has 0 spiro atoms. The van der Waals surface area contributed by atoms with Crippen molar-refractivity contribution in [3.63, 3.8) is 0 Å². The Morgan fingerprint density at radius 1 is 0.778 bits per heavy atom. The second-order valence-corrected chi connectivity index (χ2v) is 9.76. The van der Waals surface area contributed by atoms with E-state index in [0.29, 0.717) is 6.54 Å². The molecule has 0 heterocycles. The smallest absolute Gasteiger partial charge is 0.305 e. The number of carboxylic acid groups (broad SMARTS) is 1. The highest BCUT2D eigenvalue weighted by Crippen LogP contribution is 2.37. The normalized spacial score (nSPS) is 12.9. The molecular weight excluding hydrogens is 442 g/mol. The molecule has 36 heavy (non-hydrogen) atoms. The average Bonchev–Trinajstić information content (AvgIpc) is 2.86. The number of nitrogens with zero attached hydrogens (tertiary/aromatic N) is 1. The molecule has 184 valence electrons. The van der Waals surface area contributed by atoms with E-state index in [-0.39, 0.29) is 18.5 Å². The number of carbonyl (C=O) groups is 1. The zero-order chi connectivity index (χ0) is 25.7. The van der Waals surface area contributed by atoms with Gasteiger partial charge in [0.25, 0.3) is 0 Å². The van der Waals surface area contributed by atoms with E-state index in [4.69, 9.17) is 0 Å². The lowest BCUT2D eigenvalue weighted by Gasteiger charge is -2.37. The first kappa shape index (κ1) is 25.4. The van der Waals surface area contributed by atoms with Crippen LogP contribution in [0.5, 0.6) is 0 Å². The second-order valence-electron chi connectivity index (χ2n) is 9.76. The molecule has 0 saturated heterocycles. The van der Waals surface area contributed by atoms with Crippen molar-refractivity contribution in [1.82, 2.24) is 4.90 Å². The van der Waals surface area contributed by atoms with Gasteiger partial charge in [-0.3, -0.25) is 9.69 Å². The summed E-state index contributed by atoms with van der Waals surface area (Å²) in [4.78, 5) is 14.6. The fourth-order valence-corrected chi connectivity index (χ4v) is 5.25. The van der Waals surface area contributed by atoms with Crippen LogP contribution in [0.1, 0.15) is 58.8 Å². The maximum Gasteiger partial charge on any atom is 0.305 e. The number of benzene rings is 4. The lowest BCUT2D eigenvalue weighted by atomic mass is 9.89. The number of aryl methyl sites for hydroxylation is 3. The highest BCUT2D eigenvalue weighted by atomic mass is 16.4. The molecule has 4 aromatic carbocycles. The van der Waals surface area contributed by atoms with Crippen LogP contribution < -0.4 is 0 Å². The molecule has 0 radical (unpaired) electrons. The minimum Gasteiger partial charge on any atom is -0.481 e. The van der Waals surface area contributed by atoms with E-state index in [1.165, 1.54) is 27.8 Å². The lowest BCUT2D eigenvalue weighted by Crippen LogP contribution is -2.33. The van der Waals surface area contributed by atoms with E-state index >= 15 is 0 Å². The standard InChI is InChI=1S/C33H35NO2/c1-23-18-29(20-30(19-23)33-24(2)12-11-13-25(33)3)31(21-32(35)36)34(22-27-14-7-5-8-15-27)26(4)28-16-9-6-10-17-28/h5-20,26,31H,21-22H2,1-4H3,(H,35,36). The molecule has 0 saturated carbocycles. The summed E-state index contributed by atoms with van der Waals surface area (Å²) in [5.41, 5.74) is 9.32. The third-order valence-corrected chi connectivity index (χ3v) is 7.01. The molecule has 0 aliphatic rings. The fraction of sp³-hybridized carbons (Fsp3) is 0.242. The molecule has 1 N–H and O–H groups in total. The van der Waals surface area contributed by atoms with Gasteiger partial charge in [0, 0.05) is 18.6 Å². The summed E-state index contributed by atoms with van der Waals surface area (Å²) in [5.74, 6) is -0.798. The molecule has 0 aliphatic carbocycles. The van der Waals surface area contributed by atoms with Crippen LogP contribution in [0.2, 0.25) is 0 Å². The van der Waals surface area contributed by atoms with Gasteiger partial charge in [-0.15, -0.1) is 0 Å². The SMILES string of the molecule is Cc1cc(-c2c(C)cccc2C)cc(C(CC(=O)O)N(Cc2ccccc2)C(C)c2ccccc2)c1. The van der Waals surface area contributed by atoms with Gasteiger partial charge < -0.3 is 5.11 Å². The predicted molar refractivity (Wildman–Crippen MR) is 148 cm³/mol. The number of aliphatic carboxylic acids is 1. The van der Waals surface area contributed by atoms with Crippen molar-refractivity contribution < 1.29 is 9.90 Å². The minimum atomic E-state index is -0.798. The molecule has 0 amide bonds. The molecule has 3 heteroatoms. The molecule has 0 fully saturated rings. The molecule has 2 unspecified atom stereocenters. The molecule has 2 atom stereocenters. The van der Waals surface area contributed by atoms with Crippen LogP contribution in [0.15, 0.2) is 97.1 Å². The minimum absolute atomic E-state index is 0.0274. The van der Waals surface area contributed by atoms with Gasteiger partial charge in [0.2, 0.25) is 0 Å².